The molecule has 0 aliphatic rings. The van der Waals surface area contributed by atoms with Gasteiger partial charge in [0.2, 0.25) is 11.8 Å². The van der Waals surface area contributed by atoms with Crippen molar-refractivity contribution in [2.75, 3.05) is 18.4 Å². The molecular weight excluding hydrogens is 453 g/mol. The molecule has 34 heavy (non-hydrogen) atoms. The molecular formula is C22H26N5NaO6. The van der Waals surface area contributed by atoms with Crippen LogP contribution in [0.4, 0.5) is 11.5 Å². The first-order valence-electron chi connectivity index (χ1n) is 10.3. The van der Waals surface area contributed by atoms with Crippen LogP contribution in [0.1, 0.15) is 42.1 Å². The van der Waals surface area contributed by atoms with E-state index in [1.54, 1.807) is 6.92 Å². The molecule has 0 fully saturated rings. The fraction of sp³-hybridized carbons (Fsp3) is 0.364. The number of rotatable bonds is 12. The Labute approximate surface area is 219 Å². The topological polar surface area (TPSA) is 166 Å². The number of amides is 2. The summed E-state index contributed by atoms with van der Waals surface area (Å²) in [6, 6.07) is 8.74. The summed E-state index contributed by atoms with van der Waals surface area (Å²) in [4.78, 5) is 50.2. The van der Waals surface area contributed by atoms with Gasteiger partial charge >= 0.3 is 29.6 Å². The van der Waals surface area contributed by atoms with Gasteiger partial charge in [-0.05, 0) is 38.0 Å². The number of carbonyl (C=O) groups excluding carboxylic acids is 3. The first-order chi connectivity index (χ1) is 15.7. The zero-order valence-electron chi connectivity index (χ0n) is 19.4. The second-order valence-corrected chi connectivity index (χ2v) is 7.47. The number of carbonyl (C=O) groups is 3. The van der Waals surface area contributed by atoms with Crippen molar-refractivity contribution in [3.63, 3.8) is 0 Å². The average Bonchev–Trinajstić information content (AvgIpc) is 2.75. The Morgan fingerprint density at radius 3 is 2.50 bits per heavy atom. The second-order valence-electron chi connectivity index (χ2n) is 7.47. The number of nitro benzene ring substituents is 1. The molecule has 2 aromatic rings. The summed E-state index contributed by atoms with van der Waals surface area (Å²) in [7, 11) is 0. The summed E-state index contributed by atoms with van der Waals surface area (Å²) < 4.78 is 0. The zero-order valence-corrected chi connectivity index (χ0v) is 21.4. The van der Waals surface area contributed by atoms with Crippen LogP contribution in [0.5, 0.6) is 0 Å². The molecule has 176 valence electrons. The van der Waals surface area contributed by atoms with E-state index in [1.807, 2.05) is 25.1 Å². The maximum absolute atomic E-state index is 12.3. The minimum atomic E-state index is -1.43. The molecule has 1 heterocycles. The molecule has 11 nitrogen and oxygen atoms in total. The third kappa shape index (κ3) is 9.86. The number of aromatic nitrogens is 1. The van der Waals surface area contributed by atoms with Crippen LogP contribution in [0.3, 0.4) is 0 Å². The number of nitro groups is 1. The standard InChI is InChI=1S/C22H27N5O6.Na/c1-14-8-9-16(11-18(14)27(32)33)17(12-22(30)31)26-21(29)13-24-20(28)7-4-10-23-19-6-3-5-15(2)25-19;/h3,5-6,8-9,11,17H,4,7,10,12-13H2,1-2H3,(H,23,25)(H,24,28)(H,26,29)(H,30,31);/q;+1/p-1. The predicted molar refractivity (Wildman–Crippen MR) is 118 cm³/mol. The number of nitrogens with one attached hydrogen (secondary N) is 3. The van der Waals surface area contributed by atoms with E-state index in [-0.39, 0.29) is 59.7 Å². The molecule has 2 rings (SSSR count). The van der Waals surface area contributed by atoms with Crippen LogP contribution in [-0.2, 0) is 14.4 Å². The van der Waals surface area contributed by atoms with Crippen LogP contribution in [0, 0.1) is 24.0 Å². The molecule has 0 radical (unpaired) electrons. The van der Waals surface area contributed by atoms with Crippen LogP contribution < -0.4 is 50.6 Å². The second kappa shape index (κ2) is 14.3. The van der Waals surface area contributed by atoms with Crippen molar-refractivity contribution in [3.05, 3.63) is 63.3 Å². The van der Waals surface area contributed by atoms with Crippen LogP contribution in [-0.4, -0.2) is 40.8 Å². The molecule has 0 saturated heterocycles. The Morgan fingerprint density at radius 1 is 1.12 bits per heavy atom. The van der Waals surface area contributed by atoms with Crippen LogP contribution in [0.15, 0.2) is 36.4 Å². The van der Waals surface area contributed by atoms with Crippen molar-refractivity contribution in [1.29, 1.82) is 0 Å². The molecule has 0 bridgehead atoms. The van der Waals surface area contributed by atoms with Gasteiger partial charge in [-0.15, -0.1) is 0 Å². The monoisotopic (exact) mass is 479 g/mol. The van der Waals surface area contributed by atoms with Crippen LogP contribution >= 0.6 is 0 Å². The number of benzene rings is 1. The summed E-state index contributed by atoms with van der Waals surface area (Å²) >= 11 is 0. The van der Waals surface area contributed by atoms with Crippen molar-refractivity contribution in [1.82, 2.24) is 15.6 Å². The smallest absolute Gasteiger partial charge is 0.550 e. The van der Waals surface area contributed by atoms with E-state index in [4.69, 9.17) is 0 Å². The Bertz CT molecular complexity index is 1030. The van der Waals surface area contributed by atoms with E-state index < -0.39 is 29.3 Å². The molecule has 0 spiro atoms. The average molecular weight is 479 g/mol. The molecule has 3 N–H and O–H groups in total. The van der Waals surface area contributed by atoms with E-state index in [9.17, 15) is 29.6 Å². The number of nitrogens with zero attached hydrogens (tertiary/aromatic N) is 2. The predicted octanol–water partition coefficient (Wildman–Crippen LogP) is -2.08. The quantitative estimate of drug-likeness (QED) is 0.135. The Hall–Kier alpha value is -3.02. The number of hydrogen-bond donors (Lipinski definition) is 3. The van der Waals surface area contributed by atoms with Crippen molar-refractivity contribution in [2.45, 2.75) is 39.2 Å². The summed E-state index contributed by atoms with van der Waals surface area (Å²) in [5, 5.41) is 30.3. The fourth-order valence-electron chi connectivity index (χ4n) is 3.08. The van der Waals surface area contributed by atoms with Gasteiger partial charge < -0.3 is 25.9 Å². The van der Waals surface area contributed by atoms with Crippen molar-refractivity contribution in [2.24, 2.45) is 0 Å². The third-order valence-electron chi connectivity index (χ3n) is 4.76. The molecule has 0 aliphatic heterocycles. The molecule has 2 amide bonds. The Balaban J connectivity index is 0.00000578. The summed E-state index contributed by atoms with van der Waals surface area (Å²) in [6.07, 6.45) is 0.126. The van der Waals surface area contributed by atoms with E-state index in [1.165, 1.54) is 18.2 Å². The van der Waals surface area contributed by atoms with E-state index in [2.05, 4.69) is 20.9 Å². The normalized spacial score (nSPS) is 11.0. The van der Waals surface area contributed by atoms with E-state index in [0.717, 1.165) is 5.69 Å². The molecule has 0 saturated carbocycles. The van der Waals surface area contributed by atoms with Gasteiger partial charge in [0.15, 0.2) is 0 Å². The van der Waals surface area contributed by atoms with Gasteiger partial charge in [0, 0.05) is 42.7 Å². The molecule has 12 heteroatoms. The number of anilines is 1. The number of carboxylic acids is 1. The van der Waals surface area contributed by atoms with Gasteiger partial charge in [-0.1, -0.05) is 18.2 Å². The van der Waals surface area contributed by atoms with Gasteiger partial charge in [-0.3, -0.25) is 19.7 Å². The first kappa shape index (κ1) is 29.0. The molecule has 1 unspecified atom stereocenters. The summed E-state index contributed by atoms with van der Waals surface area (Å²) in [6.45, 7) is 3.59. The van der Waals surface area contributed by atoms with Crippen molar-refractivity contribution < 1.29 is 54.0 Å². The number of aliphatic carboxylic acids is 1. The fourth-order valence-corrected chi connectivity index (χ4v) is 3.08. The number of pyridine rings is 1. The minimum absolute atomic E-state index is 0. The maximum Gasteiger partial charge on any atom is 1.00 e. The summed E-state index contributed by atoms with van der Waals surface area (Å²) in [5.41, 5.74) is 1.35. The van der Waals surface area contributed by atoms with Crippen molar-refractivity contribution >= 4 is 29.3 Å². The van der Waals surface area contributed by atoms with Gasteiger partial charge in [0.1, 0.15) is 5.82 Å². The third-order valence-corrected chi connectivity index (χ3v) is 4.76. The van der Waals surface area contributed by atoms with E-state index >= 15 is 0 Å². The number of hydrogen-bond acceptors (Lipinski definition) is 8. The van der Waals surface area contributed by atoms with Gasteiger partial charge in [0.25, 0.3) is 5.69 Å². The first-order valence-corrected chi connectivity index (χ1v) is 10.3. The van der Waals surface area contributed by atoms with Crippen LogP contribution in [0.25, 0.3) is 0 Å². The molecule has 1 aromatic carbocycles. The van der Waals surface area contributed by atoms with Crippen molar-refractivity contribution in [3.8, 4) is 0 Å². The largest absolute Gasteiger partial charge is 1.00 e. The van der Waals surface area contributed by atoms with Crippen LogP contribution in [0.2, 0.25) is 0 Å². The Kier molecular flexibility index (Phi) is 12.2. The molecule has 0 aliphatic carbocycles. The van der Waals surface area contributed by atoms with Gasteiger partial charge in [-0.2, -0.15) is 0 Å². The zero-order chi connectivity index (χ0) is 24.4. The Morgan fingerprint density at radius 2 is 1.85 bits per heavy atom. The van der Waals surface area contributed by atoms with E-state index in [0.29, 0.717) is 24.3 Å². The molecule has 1 aromatic heterocycles. The minimum Gasteiger partial charge on any atom is -0.550 e. The summed E-state index contributed by atoms with van der Waals surface area (Å²) in [5.74, 6) is -1.68. The van der Waals surface area contributed by atoms with Gasteiger partial charge in [0.05, 0.1) is 17.5 Å². The van der Waals surface area contributed by atoms with Gasteiger partial charge in [-0.25, -0.2) is 4.98 Å². The number of carboxylic acid groups (broad SMARTS) is 1. The maximum atomic E-state index is 12.3. The molecule has 1 atom stereocenters. The SMILES string of the molecule is Cc1cccc(NCCCC(=O)NCC(=O)NC(CC(=O)[O-])c2ccc(C)c([N+](=O)[O-])c2)n1.[Na+]. The number of aryl methyl sites for hydroxylation is 2.